The molecule has 0 spiro atoms. The zero-order valence-corrected chi connectivity index (χ0v) is 13.5. The highest BCUT2D eigenvalue weighted by molar-refractivity contribution is 6.05. The van der Waals surface area contributed by atoms with Crippen molar-refractivity contribution < 1.29 is 9.53 Å². The summed E-state index contributed by atoms with van der Waals surface area (Å²) >= 11 is 0. The lowest BCUT2D eigenvalue weighted by molar-refractivity contribution is 0.0304. The van der Waals surface area contributed by atoms with Gasteiger partial charge in [0, 0.05) is 19.6 Å². The van der Waals surface area contributed by atoms with E-state index < -0.39 is 0 Å². The normalized spacial score (nSPS) is 15.7. The molecular weight excluding hydrogens is 278 g/mol. The fourth-order valence-corrected chi connectivity index (χ4v) is 2.87. The monoisotopic (exact) mass is 301 g/mol. The molecule has 0 unspecified atom stereocenters. The number of rotatable bonds is 3. The van der Waals surface area contributed by atoms with Crippen LogP contribution in [0.1, 0.15) is 42.6 Å². The first kappa shape index (κ1) is 15.0. The molecule has 1 aromatic heterocycles. The molecule has 1 fully saturated rings. The first-order valence-corrected chi connectivity index (χ1v) is 7.97. The number of amides is 1. The second kappa shape index (κ2) is 6.08. The zero-order valence-electron chi connectivity index (χ0n) is 13.5. The van der Waals surface area contributed by atoms with Gasteiger partial charge in [-0.2, -0.15) is 0 Å². The molecule has 1 saturated heterocycles. The Labute approximate surface area is 130 Å². The number of carbonyl (C=O) groups excluding carboxylic acids is 1. The third kappa shape index (κ3) is 2.61. The van der Waals surface area contributed by atoms with Crippen LogP contribution in [0.2, 0.25) is 0 Å². The molecule has 2 aromatic rings. The predicted octanol–water partition coefficient (Wildman–Crippen LogP) is 2.65. The Balaban J connectivity index is 2.10. The predicted molar refractivity (Wildman–Crippen MR) is 86.2 cm³/mol. The largest absolute Gasteiger partial charge is 0.378 e. The zero-order chi connectivity index (χ0) is 15.7. The second-order valence-electron chi connectivity index (χ2n) is 6.03. The van der Waals surface area contributed by atoms with E-state index in [0.717, 1.165) is 23.1 Å². The molecule has 1 aromatic carbocycles. The topological polar surface area (TPSA) is 47.4 Å². The first-order chi connectivity index (χ1) is 10.6. The Hall–Kier alpha value is -1.88. The van der Waals surface area contributed by atoms with E-state index in [1.807, 2.05) is 17.3 Å². The van der Waals surface area contributed by atoms with Crippen molar-refractivity contribution >= 4 is 16.9 Å². The van der Waals surface area contributed by atoms with Gasteiger partial charge in [0.25, 0.3) is 5.91 Å². The van der Waals surface area contributed by atoms with E-state index in [1.165, 1.54) is 5.56 Å². The van der Waals surface area contributed by atoms with E-state index >= 15 is 0 Å². The van der Waals surface area contributed by atoms with Gasteiger partial charge in [0.1, 0.15) is 5.52 Å². The fourth-order valence-electron chi connectivity index (χ4n) is 2.87. The Morgan fingerprint density at radius 2 is 2.05 bits per heavy atom. The van der Waals surface area contributed by atoms with E-state index in [0.29, 0.717) is 32.2 Å². The lowest BCUT2D eigenvalue weighted by Crippen LogP contribution is -2.40. The highest BCUT2D eigenvalue weighted by Crippen LogP contribution is 2.26. The fraction of sp³-hybridized carbons (Fsp3) is 0.529. The number of hydrogen-bond acceptors (Lipinski definition) is 3. The van der Waals surface area contributed by atoms with Crippen molar-refractivity contribution in [3.05, 3.63) is 29.6 Å². The molecule has 0 radical (unpaired) electrons. The molecule has 2 heterocycles. The minimum Gasteiger partial charge on any atom is -0.378 e. The number of benzene rings is 1. The highest BCUT2D eigenvalue weighted by atomic mass is 16.5. The number of ether oxygens (including phenoxy) is 1. The summed E-state index contributed by atoms with van der Waals surface area (Å²) < 4.78 is 7.44. The van der Waals surface area contributed by atoms with Crippen molar-refractivity contribution in [2.24, 2.45) is 0 Å². The molecule has 0 bridgehead atoms. The minimum atomic E-state index is 0.0668. The van der Waals surface area contributed by atoms with Gasteiger partial charge >= 0.3 is 0 Å². The molecule has 1 aliphatic rings. The summed E-state index contributed by atoms with van der Waals surface area (Å²) in [4.78, 5) is 19.3. The van der Waals surface area contributed by atoms with Crippen LogP contribution in [0, 0.1) is 0 Å². The maximum Gasteiger partial charge on any atom is 0.256 e. The van der Waals surface area contributed by atoms with Gasteiger partial charge in [-0.15, -0.1) is 0 Å². The van der Waals surface area contributed by atoms with Gasteiger partial charge in [0.05, 0.1) is 30.6 Å². The maximum atomic E-state index is 12.9. The number of aromatic nitrogens is 2. The molecule has 0 N–H and O–H groups in total. The third-order valence-corrected chi connectivity index (χ3v) is 4.28. The molecule has 0 atom stereocenters. The van der Waals surface area contributed by atoms with Crippen LogP contribution in [0.15, 0.2) is 18.5 Å². The summed E-state index contributed by atoms with van der Waals surface area (Å²) in [5, 5.41) is 0. The van der Waals surface area contributed by atoms with Gasteiger partial charge in [-0.05, 0) is 30.5 Å². The van der Waals surface area contributed by atoms with Crippen LogP contribution in [-0.4, -0.2) is 46.7 Å². The molecule has 1 aliphatic heterocycles. The number of morpholine rings is 1. The quantitative estimate of drug-likeness (QED) is 0.875. The van der Waals surface area contributed by atoms with Crippen LogP contribution >= 0.6 is 0 Å². The smallest absolute Gasteiger partial charge is 0.256 e. The van der Waals surface area contributed by atoms with Gasteiger partial charge in [-0.25, -0.2) is 4.98 Å². The number of aryl methyl sites for hydroxylation is 1. The van der Waals surface area contributed by atoms with Gasteiger partial charge in [-0.3, -0.25) is 4.79 Å². The third-order valence-electron chi connectivity index (χ3n) is 4.28. The van der Waals surface area contributed by atoms with Crippen LogP contribution in [0.5, 0.6) is 0 Å². The van der Waals surface area contributed by atoms with Crippen LogP contribution in [-0.2, 0) is 11.3 Å². The second-order valence-corrected chi connectivity index (χ2v) is 6.03. The Bertz CT molecular complexity index is 685. The van der Waals surface area contributed by atoms with Gasteiger partial charge in [0.15, 0.2) is 0 Å². The van der Waals surface area contributed by atoms with E-state index in [2.05, 4.69) is 36.4 Å². The van der Waals surface area contributed by atoms with Gasteiger partial charge in [-0.1, -0.05) is 13.8 Å². The van der Waals surface area contributed by atoms with Crippen LogP contribution in [0.25, 0.3) is 11.0 Å². The molecule has 0 aliphatic carbocycles. The molecular formula is C17H23N3O2. The number of imidazole rings is 1. The Kier molecular flexibility index (Phi) is 4.16. The van der Waals surface area contributed by atoms with E-state index in [4.69, 9.17) is 4.74 Å². The SMILES string of the molecule is CCn1cnc2c(C(=O)N3CCOCC3)cc(C(C)C)cc21. The summed E-state index contributed by atoms with van der Waals surface area (Å²) in [6.07, 6.45) is 1.82. The lowest BCUT2D eigenvalue weighted by Gasteiger charge is -2.27. The maximum absolute atomic E-state index is 12.9. The molecule has 3 rings (SSSR count). The summed E-state index contributed by atoms with van der Waals surface area (Å²) in [6.45, 7) is 9.77. The summed E-state index contributed by atoms with van der Waals surface area (Å²) in [5.74, 6) is 0.443. The lowest BCUT2D eigenvalue weighted by atomic mass is 9.98. The van der Waals surface area contributed by atoms with Crippen LogP contribution in [0.3, 0.4) is 0 Å². The van der Waals surface area contributed by atoms with Crippen molar-refractivity contribution in [3.8, 4) is 0 Å². The number of carbonyl (C=O) groups is 1. The van der Waals surface area contributed by atoms with Crippen LogP contribution < -0.4 is 0 Å². The number of hydrogen-bond donors (Lipinski definition) is 0. The molecule has 22 heavy (non-hydrogen) atoms. The van der Waals surface area contributed by atoms with Crippen molar-refractivity contribution in [1.82, 2.24) is 14.5 Å². The van der Waals surface area contributed by atoms with E-state index in [1.54, 1.807) is 0 Å². The first-order valence-electron chi connectivity index (χ1n) is 7.97. The molecule has 118 valence electrons. The van der Waals surface area contributed by atoms with Crippen LogP contribution in [0.4, 0.5) is 0 Å². The Morgan fingerprint density at radius 1 is 1.32 bits per heavy atom. The number of fused-ring (bicyclic) bond motifs is 1. The van der Waals surface area contributed by atoms with Gasteiger partial charge in [0.2, 0.25) is 0 Å². The van der Waals surface area contributed by atoms with Crippen molar-refractivity contribution in [1.29, 1.82) is 0 Å². The Morgan fingerprint density at radius 3 is 2.68 bits per heavy atom. The summed E-state index contributed by atoms with van der Waals surface area (Å²) in [7, 11) is 0. The van der Waals surface area contributed by atoms with Crippen molar-refractivity contribution in [2.45, 2.75) is 33.2 Å². The van der Waals surface area contributed by atoms with Crippen molar-refractivity contribution in [2.75, 3.05) is 26.3 Å². The summed E-state index contributed by atoms with van der Waals surface area (Å²) in [6, 6.07) is 4.17. The van der Waals surface area contributed by atoms with Gasteiger partial charge < -0.3 is 14.2 Å². The minimum absolute atomic E-state index is 0.0668. The molecule has 0 saturated carbocycles. The van der Waals surface area contributed by atoms with Crippen molar-refractivity contribution in [3.63, 3.8) is 0 Å². The van der Waals surface area contributed by atoms with E-state index in [-0.39, 0.29) is 5.91 Å². The molecule has 5 heteroatoms. The van der Waals surface area contributed by atoms with E-state index in [9.17, 15) is 4.79 Å². The standard InChI is InChI=1S/C17H23N3O2/c1-4-19-11-18-16-14(9-13(12(2)3)10-15(16)19)17(21)20-5-7-22-8-6-20/h9-12H,4-8H2,1-3H3. The molecule has 1 amide bonds. The average Bonchev–Trinajstić information content (AvgIpc) is 2.97. The molecule has 5 nitrogen and oxygen atoms in total. The average molecular weight is 301 g/mol. The summed E-state index contributed by atoms with van der Waals surface area (Å²) in [5.41, 5.74) is 3.75. The highest BCUT2D eigenvalue weighted by Gasteiger charge is 2.23. The number of nitrogens with zero attached hydrogens (tertiary/aromatic N) is 3.